The van der Waals surface area contributed by atoms with Gasteiger partial charge in [-0.15, -0.1) is 0 Å². The maximum absolute atomic E-state index is 13.8. The molecule has 5 heteroatoms. The Bertz CT molecular complexity index is 722. The SMILES string of the molecule is Fc1ccccc1CN1CCCC(Nc2ccc3c(c2)OCO3)C1. The van der Waals surface area contributed by atoms with Crippen molar-refractivity contribution in [2.75, 3.05) is 25.2 Å². The minimum absolute atomic E-state index is 0.122. The van der Waals surface area contributed by atoms with Crippen molar-refractivity contribution in [3.63, 3.8) is 0 Å². The zero-order chi connectivity index (χ0) is 16.4. The van der Waals surface area contributed by atoms with Gasteiger partial charge in [0, 0.05) is 36.4 Å². The van der Waals surface area contributed by atoms with Gasteiger partial charge in [0.25, 0.3) is 0 Å². The number of benzene rings is 2. The van der Waals surface area contributed by atoms with E-state index in [9.17, 15) is 4.39 Å². The average Bonchev–Trinajstić information content (AvgIpc) is 3.05. The van der Waals surface area contributed by atoms with Crippen LogP contribution >= 0.6 is 0 Å². The molecule has 4 nitrogen and oxygen atoms in total. The number of piperidine rings is 1. The standard InChI is InChI=1S/C19H21FN2O2/c20-17-6-2-1-4-14(17)11-22-9-3-5-16(12-22)21-15-7-8-18-19(10-15)24-13-23-18/h1-2,4,6-8,10,16,21H,3,5,9,11-13H2. The number of hydrogen-bond donors (Lipinski definition) is 1. The molecular formula is C19H21FN2O2. The minimum atomic E-state index is -0.122. The number of nitrogens with one attached hydrogen (secondary N) is 1. The highest BCUT2D eigenvalue weighted by Gasteiger charge is 2.21. The Balaban J connectivity index is 1.39. The molecule has 0 spiro atoms. The molecule has 2 aromatic carbocycles. The summed E-state index contributed by atoms with van der Waals surface area (Å²) < 4.78 is 24.6. The zero-order valence-electron chi connectivity index (χ0n) is 13.5. The van der Waals surface area contributed by atoms with Crippen molar-refractivity contribution in [1.29, 1.82) is 0 Å². The summed E-state index contributed by atoms with van der Waals surface area (Å²) in [6, 6.07) is 13.3. The molecule has 126 valence electrons. The zero-order valence-corrected chi connectivity index (χ0v) is 13.5. The summed E-state index contributed by atoms with van der Waals surface area (Å²) >= 11 is 0. The molecule has 2 aliphatic heterocycles. The Hall–Kier alpha value is -2.27. The van der Waals surface area contributed by atoms with Crippen molar-refractivity contribution in [3.8, 4) is 11.5 Å². The van der Waals surface area contributed by atoms with Crippen LogP contribution in [0.1, 0.15) is 18.4 Å². The molecule has 0 radical (unpaired) electrons. The van der Waals surface area contributed by atoms with E-state index >= 15 is 0 Å². The van der Waals surface area contributed by atoms with Gasteiger partial charge < -0.3 is 14.8 Å². The van der Waals surface area contributed by atoms with Gasteiger partial charge in [-0.1, -0.05) is 18.2 Å². The van der Waals surface area contributed by atoms with E-state index in [-0.39, 0.29) is 5.82 Å². The lowest BCUT2D eigenvalue weighted by Gasteiger charge is -2.33. The van der Waals surface area contributed by atoms with Gasteiger partial charge >= 0.3 is 0 Å². The third kappa shape index (κ3) is 3.31. The number of fused-ring (bicyclic) bond motifs is 1. The van der Waals surface area contributed by atoms with Crippen LogP contribution < -0.4 is 14.8 Å². The van der Waals surface area contributed by atoms with Crippen LogP contribution in [-0.2, 0) is 6.54 Å². The third-order valence-corrected chi connectivity index (χ3v) is 4.60. The molecule has 2 aliphatic rings. The summed E-state index contributed by atoms with van der Waals surface area (Å²) in [5.41, 5.74) is 1.80. The second-order valence-electron chi connectivity index (χ2n) is 6.38. The van der Waals surface area contributed by atoms with Crippen LogP contribution in [0.3, 0.4) is 0 Å². The van der Waals surface area contributed by atoms with E-state index in [1.165, 1.54) is 6.07 Å². The van der Waals surface area contributed by atoms with Gasteiger partial charge in [0.2, 0.25) is 6.79 Å². The van der Waals surface area contributed by atoms with E-state index in [4.69, 9.17) is 9.47 Å². The molecule has 0 bridgehead atoms. The van der Waals surface area contributed by atoms with Crippen LogP contribution in [0.2, 0.25) is 0 Å². The summed E-state index contributed by atoms with van der Waals surface area (Å²) in [6.07, 6.45) is 2.22. The molecule has 1 fully saturated rings. The topological polar surface area (TPSA) is 33.7 Å². The van der Waals surface area contributed by atoms with Crippen molar-refractivity contribution >= 4 is 5.69 Å². The van der Waals surface area contributed by atoms with Crippen molar-refractivity contribution in [2.45, 2.75) is 25.4 Å². The molecule has 0 saturated carbocycles. The number of halogens is 1. The Labute approximate surface area is 141 Å². The van der Waals surface area contributed by atoms with Crippen LogP contribution in [0.4, 0.5) is 10.1 Å². The molecule has 0 amide bonds. The van der Waals surface area contributed by atoms with Gasteiger partial charge in [-0.05, 0) is 37.6 Å². The van der Waals surface area contributed by atoms with Crippen LogP contribution in [0, 0.1) is 5.82 Å². The number of ether oxygens (including phenoxy) is 2. The Morgan fingerprint density at radius 1 is 1.12 bits per heavy atom. The quantitative estimate of drug-likeness (QED) is 0.929. The van der Waals surface area contributed by atoms with Gasteiger partial charge in [0.15, 0.2) is 11.5 Å². The van der Waals surface area contributed by atoms with Gasteiger partial charge in [-0.25, -0.2) is 4.39 Å². The second-order valence-corrected chi connectivity index (χ2v) is 6.38. The lowest BCUT2D eigenvalue weighted by atomic mass is 10.0. The Morgan fingerprint density at radius 3 is 2.92 bits per heavy atom. The number of nitrogens with zero attached hydrogens (tertiary/aromatic N) is 1. The molecule has 1 saturated heterocycles. The normalized spacial score (nSPS) is 20.1. The van der Waals surface area contributed by atoms with Gasteiger partial charge in [0.1, 0.15) is 5.82 Å². The van der Waals surface area contributed by atoms with E-state index in [0.29, 0.717) is 19.4 Å². The monoisotopic (exact) mass is 328 g/mol. The molecular weight excluding hydrogens is 307 g/mol. The van der Waals surface area contributed by atoms with Crippen molar-refractivity contribution in [3.05, 3.63) is 53.8 Å². The number of likely N-dealkylation sites (tertiary alicyclic amines) is 1. The lowest BCUT2D eigenvalue weighted by Crippen LogP contribution is -2.41. The van der Waals surface area contributed by atoms with Crippen LogP contribution in [0.15, 0.2) is 42.5 Å². The second kappa shape index (κ2) is 6.69. The highest BCUT2D eigenvalue weighted by atomic mass is 19.1. The van der Waals surface area contributed by atoms with E-state index in [1.54, 1.807) is 6.07 Å². The predicted molar refractivity (Wildman–Crippen MR) is 90.9 cm³/mol. The molecule has 2 heterocycles. The van der Waals surface area contributed by atoms with E-state index in [2.05, 4.69) is 10.2 Å². The first-order valence-electron chi connectivity index (χ1n) is 8.40. The first-order valence-corrected chi connectivity index (χ1v) is 8.40. The van der Waals surface area contributed by atoms with Crippen molar-refractivity contribution < 1.29 is 13.9 Å². The summed E-state index contributed by atoms with van der Waals surface area (Å²) in [5.74, 6) is 1.47. The molecule has 2 aromatic rings. The summed E-state index contributed by atoms with van der Waals surface area (Å²) in [4.78, 5) is 2.31. The van der Waals surface area contributed by atoms with Crippen LogP contribution in [0.5, 0.6) is 11.5 Å². The first kappa shape index (κ1) is 15.3. The fourth-order valence-corrected chi connectivity index (χ4v) is 3.41. The maximum Gasteiger partial charge on any atom is 0.231 e. The minimum Gasteiger partial charge on any atom is -0.454 e. The molecule has 0 aliphatic carbocycles. The lowest BCUT2D eigenvalue weighted by molar-refractivity contribution is 0.174. The molecule has 0 aromatic heterocycles. The van der Waals surface area contributed by atoms with Gasteiger partial charge in [-0.3, -0.25) is 4.90 Å². The number of hydrogen-bond acceptors (Lipinski definition) is 4. The van der Waals surface area contributed by atoms with Gasteiger partial charge in [-0.2, -0.15) is 0 Å². The summed E-state index contributed by atoms with van der Waals surface area (Å²) in [6.45, 7) is 2.86. The first-order chi connectivity index (χ1) is 11.8. The molecule has 1 atom stereocenters. The summed E-state index contributed by atoms with van der Waals surface area (Å²) in [5, 5.41) is 3.57. The Morgan fingerprint density at radius 2 is 2.00 bits per heavy atom. The summed E-state index contributed by atoms with van der Waals surface area (Å²) in [7, 11) is 0. The van der Waals surface area contributed by atoms with E-state index < -0.39 is 0 Å². The average molecular weight is 328 g/mol. The van der Waals surface area contributed by atoms with E-state index in [0.717, 1.165) is 48.7 Å². The molecule has 1 unspecified atom stereocenters. The fourth-order valence-electron chi connectivity index (χ4n) is 3.41. The van der Waals surface area contributed by atoms with Crippen LogP contribution in [-0.4, -0.2) is 30.8 Å². The molecule has 24 heavy (non-hydrogen) atoms. The maximum atomic E-state index is 13.8. The smallest absolute Gasteiger partial charge is 0.231 e. The molecule has 4 rings (SSSR count). The predicted octanol–water partition coefficient (Wildman–Crippen LogP) is 3.63. The fraction of sp³-hybridized carbons (Fsp3) is 0.368. The van der Waals surface area contributed by atoms with Crippen molar-refractivity contribution in [2.24, 2.45) is 0 Å². The van der Waals surface area contributed by atoms with E-state index in [1.807, 2.05) is 30.3 Å². The van der Waals surface area contributed by atoms with Crippen LogP contribution in [0.25, 0.3) is 0 Å². The van der Waals surface area contributed by atoms with Gasteiger partial charge in [0.05, 0.1) is 0 Å². The highest BCUT2D eigenvalue weighted by Crippen LogP contribution is 2.34. The molecule has 1 N–H and O–H groups in total. The number of rotatable bonds is 4. The number of anilines is 1. The van der Waals surface area contributed by atoms with Crippen molar-refractivity contribution in [1.82, 2.24) is 4.90 Å². The largest absolute Gasteiger partial charge is 0.454 e. The third-order valence-electron chi connectivity index (χ3n) is 4.60. The highest BCUT2D eigenvalue weighted by molar-refractivity contribution is 5.56. The Kier molecular flexibility index (Phi) is 4.26.